The van der Waals surface area contributed by atoms with E-state index in [2.05, 4.69) is 13.7 Å². The van der Waals surface area contributed by atoms with Gasteiger partial charge in [-0.15, -0.1) is 0 Å². The molecular formula is C19H20N6O3S2. The molecule has 9 nitrogen and oxygen atoms in total. The molecule has 0 bridgehead atoms. The molecule has 0 aliphatic carbocycles. The van der Waals surface area contributed by atoms with Crippen molar-refractivity contribution in [3.63, 3.8) is 0 Å². The molecule has 2 aromatic heterocycles. The van der Waals surface area contributed by atoms with Crippen LogP contribution in [0.2, 0.25) is 0 Å². The molecule has 0 spiro atoms. The van der Waals surface area contributed by atoms with Crippen LogP contribution in [0.1, 0.15) is 16.2 Å². The fraction of sp³-hybridized carbons (Fsp3) is 0.263. The molecule has 4 rings (SSSR count). The van der Waals surface area contributed by atoms with Crippen molar-refractivity contribution in [2.45, 2.75) is 11.4 Å². The lowest BCUT2D eigenvalue weighted by atomic mass is 10.2. The minimum Gasteiger partial charge on any atom is -0.345 e. The highest BCUT2D eigenvalue weighted by Gasteiger charge is 2.26. The fourth-order valence-electron chi connectivity index (χ4n) is 3.22. The summed E-state index contributed by atoms with van der Waals surface area (Å²) < 4.78 is 37.7. The van der Waals surface area contributed by atoms with E-state index in [1.165, 1.54) is 22.3 Å². The Morgan fingerprint density at radius 2 is 1.87 bits per heavy atom. The van der Waals surface area contributed by atoms with Crippen molar-refractivity contribution in [1.29, 1.82) is 0 Å². The first-order valence-corrected chi connectivity index (χ1v) is 11.2. The number of hydrogen-bond donors (Lipinski definition) is 0. The molecule has 0 aliphatic heterocycles. The van der Waals surface area contributed by atoms with Crippen LogP contribution in [-0.2, 0) is 23.6 Å². The third kappa shape index (κ3) is 3.34. The topological polar surface area (TPSA) is 101 Å². The van der Waals surface area contributed by atoms with Crippen molar-refractivity contribution in [3.05, 3.63) is 47.8 Å². The van der Waals surface area contributed by atoms with E-state index in [4.69, 9.17) is 0 Å². The lowest BCUT2D eigenvalue weighted by molar-refractivity contribution is 0.0827. The minimum atomic E-state index is -3.80. The van der Waals surface area contributed by atoms with Gasteiger partial charge in [-0.1, -0.05) is 6.07 Å². The number of fused-ring (bicyclic) bond motifs is 2. The summed E-state index contributed by atoms with van der Waals surface area (Å²) in [5.41, 5.74) is 2.90. The number of aromatic nitrogens is 4. The van der Waals surface area contributed by atoms with Gasteiger partial charge < -0.3 is 9.47 Å². The van der Waals surface area contributed by atoms with Gasteiger partial charge in [0.25, 0.3) is 5.91 Å². The number of imidazole rings is 1. The van der Waals surface area contributed by atoms with E-state index in [0.717, 1.165) is 17.2 Å². The van der Waals surface area contributed by atoms with Crippen molar-refractivity contribution in [3.8, 4) is 0 Å². The predicted molar refractivity (Wildman–Crippen MR) is 115 cm³/mol. The molecule has 0 radical (unpaired) electrons. The van der Waals surface area contributed by atoms with Crippen LogP contribution in [0.15, 0.2) is 41.3 Å². The largest absolute Gasteiger partial charge is 0.345 e. The van der Waals surface area contributed by atoms with Crippen LogP contribution in [0, 0.1) is 0 Å². The maximum absolute atomic E-state index is 13.2. The standard InChI is InChI=1S/C19H20N6O3S2/c1-23(2)19(26)12-8-9-15-14(10-12)20-17(25(15)4)11-24(3)30(27,28)16-7-5-6-13-18(16)22-29-21-13/h5-10H,11H2,1-4H3. The van der Waals surface area contributed by atoms with Crippen LogP contribution in [0.4, 0.5) is 0 Å². The third-order valence-corrected chi connectivity index (χ3v) is 7.31. The molecule has 4 aromatic rings. The first-order valence-electron chi connectivity index (χ1n) is 9.05. The summed E-state index contributed by atoms with van der Waals surface area (Å²) in [6.45, 7) is 0.0679. The van der Waals surface area contributed by atoms with Crippen LogP contribution in [0.3, 0.4) is 0 Å². The summed E-state index contributed by atoms with van der Waals surface area (Å²) in [6, 6.07) is 10.2. The molecule has 2 heterocycles. The van der Waals surface area contributed by atoms with Crippen LogP contribution < -0.4 is 0 Å². The summed E-state index contributed by atoms with van der Waals surface area (Å²) in [5, 5.41) is 0. The highest BCUT2D eigenvalue weighted by atomic mass is 32.2. The van der Waals surface area contributed by atoms with Gasteiger partial charge in [-0.05, 0) is 30.3 Å². The molecule has 0 saturated heterocycles. The first-order chi connectivity index (χ1) is 14.2. The Hall–Kier alpha value is -2.89. The van der Waals surface area contributed by atoms with Crippen molar-refractivity contribution in [2.24, 2.45) is 7.05 Å². The molecule has 0 unspecified atom stereocenters. The Labute approximate surface area is 177 Å². The molecule has 30 heavy (non-hydrogen) atoms. The second-order valence-electron chi connectivity index (χ2n) is 7.14. The number of hydrogen-bond acceptors (Lipinski definition) is 7. The Morgan fingerprint density at radius 3 is 2.60 bits per heavy atom. The van der Waals surface area contributed by atoms with Gasteiger partial charge in [0.1, 0.15) is 21.8 Å². The second kappa shape index (κ2) is 7.42. The minimum absolute atomic E-state index is 0.0679. The SMILES string of the molecule is CN(C)C(=O)c1ccc2c(c1)nc(CN(C)S(=O)(=O)c1cccc3nsnc13)n2C. The van der Waals surface area contributed by atoms with Gasteiger partial charge in [0.2, 0.25) is 10.0 Å². The third-order valence-electron chi connectivity index (χ3n) is 4.93. The van der Waals surface area contributed by atoms with E-state index in [1.54, 1.807) is 38.4 Å². The number of amides is 1. The molecule has 2 aromatic carbocycles. The Kier molecular flexibility index (Phi) is 5.04. The lowest BCUT2D eigenvalue weighted by Crippen LogP contribution is -2.28. The van der Waals surface area contributed by atoms with Gasteiger partial charge in [-0.3, -0.25) is 4.79 Å². The summed E-state index contributed by atoms with van der Waals surface area (Å²) >= 11 is 0.979. The quantitative estimate of drug-likeness (QED) is 0.467. The smallest absolute Gasteiger partial charge is 0.253 e. The maximum Gasteiger partial charge on any atom is 0.253 e. The molecule has 0 aliphatic rings. The highest BCUT2D eigenvalue weighted by Crippen LogP contribution is 2.25. The molecule has 0 saturated carbocycles. The maximum atomic E-state index is 13.2. The van der Waals surface area contributed by atoms with Crippen molar-refractivity contribution < 1.29 is 13.2 Å². The van der Waals surface area contributed by atoms with E-state index in [-0.39, 0.29) is 17.3 Å². The van der Waals surface area contributed by atoms with Gasteiger partial charge in [0.05, 0.1) is 29.3 Å². The molecule has 0 fully saturated rings. The number of rotatable bonds is 5. The van der Waals surface area contributed by atoms with Crippen LogP contribution in [0.25, 0.3) is 22.1 Å². The van der Waals surface area contributed by atoms with E-state index < -0.39 is 10.0 Å². The molecule has 0 N–H and O–H groups in total. The number of aryl methyl sites for hydroxylation is 1. The van der Waals surface area contributed by atoms with Gasteiger partial charge in [0, 0.05) is 33.8 Å². The van der Waals surface area contributed by atoms with E-state index in [9.17, 15) is 13.2 Å². The fourth-order valence-corrected chi connectivity index (χ4v) is 5.10. The van der Waals surface area contributed by atoms with Crippen LogP contribution in [0.5, 0.6) is 0 Å². The zero-order valence-corrected chi connectivity index (χ0v) is 18.5. The summed E-state index contributed by atoms with van der Waals surface area (Å²) in [7, 11) is 2.91. The number of benzene rings is 2. The van der Waals surface area contributed by atoms with E-state index in [0.29, 0.717) is 27.9 Å². The van der Waals surface area contributed by atoms with Gasteiger partial charge in [-0.25, -0.2) is 13.4 Å². The number of carbonyl (C=O) groups excluding carboxylic acids is 1. The highest BCUT2D eigenvalue weighted by molar-refractivity contribution is 7.89. The number of carbonyl (C=O) groups is 1. The van der Waals surface area contributed by atoms with Crippen LogP contribution in [-0.4, -0.2) is 63.0 Å². The van der Waals surface area contributed by atoms with Crippen molar-refractivity contribution >= 4 is 49.7 Å². The lowest BCUT2D eigenvalue weighted by Gasteiger charge is -2.17. The zero-order valence-electron chi connectivity index (χ0n) is 16.9. The van der Waals surface area contributed by atoms with Crippen molar-refractivity contribution in [2.75, 3.05) is 21.1 Å². The van der Waals surface area contributed by atoms with Gasteiger partial charge in [-0.2, -0.15) is 13.1 Å². The monoisotopic (exact) mass is 444 g/mol. The number of nitrogens with zero attached hydrogens (tertiary/aromatic N) is 6. The van der Waals surface area contributed by atoms with Gasteiger partial charge in [0.15, 0.2) is 0 Å². The predicted octanol–water partition coefficient (Wildman–Crippen LogP) is 2.10. The molecular weight excluding hydrogens is 424 g/mol. The van der Waals surface area contributed by atoms with E-state index >= 15 is 0 Å². The van der Waals surface area contributed by atoms with E-state index in [1.807, 2.05) is 17.7 Å². The molecule has 11 heteroatoms. The summed E-state index contributed by atoms with van der Waals surface area (Å²) in [6.07, 6.45) is 0. The van der Waals surface area contributed by atoms with Gasteiger partial charge >= 0.3 is 0 Å². The van der Waals surface area contributed by atoms with Crippen molar-refractivity contribution in [1.82, 2.24) is 27.5 Å². The Balaban J connectivity index is 1.69. The normalized spacial score (nSPS) is 12.2. The zero-order chi connectivity index (χ0) is 21.6. The summed E-state index contributed by atoms with van der Waals surface area (Å²) in [5.74, 6) is 0.447. The average Bonchev–Trinajstić information content (AvgIpc) is 3.31. The Bertz CT molecular complexity index is 1370. The molecule has 156 valence electrons. The second-order valence-corrected chi connectivity index (χ2v) is 9.68. The summed E-state index contributed by atoms with van der Waals surface area (Å²) in [4.78, 5) is 18.4. The van der Waals surface area contributed by atoms with Crippen LogP contribution >= 0.6 is 11.7 Å². The average molecular weight is 445 g/mol. The first kappa shape index (κ1) is 20.4. The number of sulfonamides is 1. The molecule has 1 amide bonds. The Morgan fingerprint density at radius 1 is 1.10 bits per heavy atom. The molecule has 0 atom stereocenters.